The maximum Gasteiger partial charge on any atom is 0.191 e. The third-order valence-corrected chi connectivity index (χ3v) is 4.28. The maximum absolute atomic E-state index is 13.5. The lowest BCUT2D eigenvalue weighted by molar-refractivity contribution is 0.606. The first-order valence-electron chi connectivity index (χ1n) is 7.40. The van der Waals surface area contributed by atoms with Gasteiger partial charge in [-0.1, -0.05) is 18.2 Å². The summed E-state index contributed by atoms with van der Waals surface area (Å²) in [6.07, 6.45) is 0.606. The average molecular weight is 335 g/mol. The van der Waals surface area contributed by atoms with Crippen LogP contribution in [0.1, 0.15) is 11.3 Å². The lowest BCUT2D eigenvalue weighted by Crippen LogP contribution is -2.38. The summed E-state index contributed by atoms with van der Waals surface area (Å²) in [7, 11) is 5.66. The number of guanidine groups is 1. The van der Waals surface area contributed by atoms with Crippen molar-refractivity contribution in [3.63, 3.8) is 0 Å². The molecule has 5 nitrogen and oxygen atoms in total. The third-order valence-electron chi connectivity index (χ3n) is 3.23. The van der Waals surface area contributed by atoms with Crippen molar-refractivity contribution in [2.24, 2.45) is 4.99 Å². The molecular weight excluding hydrogens is 313 g/mol. The van der Waals surface area contributed by atoms with E-state index in [1.54, 1.807) is 30.5 Å². The summed E-state index contributed by atoms with van der Waals surface area (Å²) in [4.78, 5) is 10.7. The molecule has 0 aliphatic carbocycles. The Labute approximate surface area is 140 Å². The van der Waals surface area contributed by atoms with Gasteiger partial charge in [-0.05, 0) is 18.1 Å². The second-order valence-electron chi connectivity index (χ2n) is 5.21. The van der Waals surface area contributed by atoms with E-state index in [0.29, 0.717) is 31.0 Å². The number of anilines is 1. The fourth-order valence-corrected chi connectivity index (χ4v) is 2.75. The Balaban J connectivity index is 1.78. The van der Waals surface area contributed by atoms with E-state index < -0.39 is 0 Å². The predicted octanol–water partition coefficient (Wildman–Crippen LogP) is 2.26. The van der Waals surface area contributed by atoms with Crippen molar-refractivity contribution in [2.75, 3.05) is 32.6 Å². The summed E-state index contributed by atoms with van der Waals surface area (Å²) in [5.74, 6) is 0.511. The number of thiazole rings is 1. The molecule has 2 rings (SSSR count). The molecule has 0 radical (unpaired) electrons. The molecule has 1 aromatic carbocycles. The van der Waals surface area contributed by atoms with E-state index in [2.05, 4.69) is 20.6 Å². The van der Waals surface area contributed by atoms with Crippen LogP contribution in [0.5, 0.6) is 0 Å². The number of halogens is 1. The number of hydrogen-bond acceptors (Lipinski definition) is 4. The van der Waals surface area contributed by atoms with Crippen molar-refractivity contribution < 1.29 is 4.39 Å². The number of rotatable bonds is 6. The smallest absolute Gasteiger partial charge is 0.191 e. The molecular formula is C16H22FN5S. The first-order valence-corrected chi connectivity index (χ1v) is 8.27. The molecule has 0 amide bonds. The van der Waals surface area contributed by atoms with Crippen LogP contribution in [0.15, 0.2) is 34.6 Å². The van der Waals surface area contributed by atoms with Gasteiger partial charge in [0.25, 0.3) is 0 Å². The Morgan fingerprint density at radius 2 is 2.09 bits per heavy atom. The minimum Gasteiger partial charge on any atom is -0.356 e. The van der Waals surface area contributed by atoms with Crippen LogP contribution in [-0.2, 0) is 13.0 Å². The molecule has 2 aromatic rings. The molecule has 0 aliphatic heterocycles. The van der Waals surface area contributed by atoms with Gasteiger partial charge in [0, 0.05) is 33.1 Å². The summed E-state index contributed by atoms with van der Waals surface area (Å²) >= 11 is 1.61. The molecule has 0 bridgehead atoms. The number of aromatic nitrogens is 1. The van der Waals surface area contributed by atoms with Crippen LogP contribution < -0.4 is 15.5 Å². The van der Waals surface area contributed by atoms with Gasteiger partial charge in [-0.15, -0.1) is 11.3 Å². The number of aliphatic imine (C=N–C) groups is 1. The van der Waals surface area contributed by atoms with Crippen molar-refractivity contribution in [1.82, 2.24) is 15.6 Å². The average Bonchev–Trinajstić information content (AvgIpc) is 3.01. The van der Waals surface area contributed by atoms with E-state index in [1.807, 2.05) is 30.4 Å². The Hall–Kier alpha value is -2.15. The first kappa shape index (κ1) is 17.2. The number of hydrogen-bond donors (Lipinski definition) is 2. The Kier molecular flexibility index (Phi) is 6.34. The van der Waals surface area contributed by atoms with Crippen LogP contribution in [0.3, 0.4) is 0 Å². The fraction of sp³-hybridized carbons (Fsp3) is 0.375. The van der Waals surface area contributed by atoms with Gasteiger partial charge < -0.3 is 15.5 Å². The lowest BCUT2D eigenvalue weighted by atomic mass is 10.1. The van der Waals surface area contributed by atoms with Gasteiger partial charge in [0.2, 0.25) is 0 Å². The first-order chi connectivity index (χ1) is 11.1. The highest BCUT2D eigenvalue weighted by Crippen LogP contribution is 2.17. The van der Waals surface area contributed by atoms with Crippen LogP contribution in [-0.4, -0.2) is 38.6 Å². The summed E-state index contributed by atoms with van der Waals surface area (Å²) in [6.45, 7) is 1.21. The second-order valence-corrected chi connectivity index (χ2v) is 6.05. The third kappa shape index (κ3) is 5.21. The molecule has 0 unspecified atom stereocenters. The standard InChI is InChI=1S/C16H22FN5S/c1-18-15(19-9-8-12-6-4-5-7-14(12)17)20-10-13-11-23-16(21-13)22(2)3/h4-7,11H,8-10H2,1-3H3,(H2,18,19,20). The molecule has 7 heteroatoms. The number of benzene rings is 1. The maximum atomic E-state index is 13.5. The Morgan fingerprint density at radius 1 is 1.30 bits per heavy atom. The molecule has 0 atom stereocenters. The van der Waals surface area contributed by atoms with E-state index in [4.69, 9.17) is 0 Å². The van der Waals surface area contributed by atoms with Crippen molar-refractivity contribution in [2.45, 2.75) is 13.0 Å². The van der Waals surface area contributed by atoms with Crippen molar-refractivity contribution >= 4 is 22.4 Å². The van der Waals surface area contributed by atoms with Gasteiger partial charge in [0.1, 0.15) is 5.82 Å². The van der Waals surface area contributed by atoms with Crippen LogP contribution >= 0.6 is 11.3 Å². The van der Waals surface area contributed by atoms with Crippen molar-refractivity contribution in [3.05, 3.63) is 46.7 Å². The van der Waals surface area contributed by atoms with E-state index in [1.165, 1.54) is 6.07 Å². The number of nitrogens with one attached hydrogen (secondary N) is 2. The topological polar surface area (TPSA) is 52.6 Å². The monoisotopic (exact) mass is 335 g/mol. The van der Waals surface area contributed by atoms with Crippen LogP contribution in [0.4, 0.5) is 9.52 Å². The molecule has 0 fully saturated rings. The van der Waals surface area contributed by atoms with Crippen LogP contribution in [0, 0.1) is 5.82 Å². The van der Waals surface area contributed by atoms with Gasteiger partial charge in [-0.25, -0.2) is 9.37 Å². The van der Waals surface area contributed by atoms with E-state index in [9.17, 15) is 4.39 Å². The zero-order valence-corrected chi connectivity index (χ0v) is 14.5. The van der Waals surface area contributed by atoms with E-state index in [0.717, 1.165) is 10.8 Å². The molecule has 23 heavy (non-hydrogen) atoms. The summed E-state index contributed by atoms with van der Waals surface area (Å²) < 4.78 is 13.5. The van der Waals surface area contributed by atoms with Gasteiger partial charge in [0.05, 0.1) is 12.2 Å². The normalized spacial score (nSPS) is 11.4. The quantitative estimate of drug-likeness (QED) is 0.628. The molecule has 124 valence electrons. The van der Waals surface area contributed by atoms with Gasteiger partial charge in [-0.3, -0.25) is 4.99 Å². The molecule has 0 saturated heterocycles. The highest BCUT2D eigenvalue weighted by Gasteiger charge is 2.05. The second kappa shape index (κ2) is 8.47. The van der Waals surface area contributed by atoms with Crippen LogP contribution in [0.25, 0.3) is 0 Å². The fourth-order valence-electron chi connectivity index (χ4n) is 1.99. The zero-order chi connectivity index (χ0) is 16.7. The number of nitrogens with zero attached hydrogens (tertiary/aromatic N) is 3. The minimum absolute atomic E-state index is 0.170. The molecule has 0 aliphatic rings. The van der Waals surface area contributed by atoms with Crippen molar-refractivity contribution in [3.8, 4) is 0 Å². The van der Waals surface area contributed by atoms with E-state index >= 15 is 0 Å². The predicted molar refractivity (Wildman–Crippen MR) is 94.7 cm³/mol. The van der Waals surface area contributed by atoms with Crippen molar-refractivity contribution in [1.29, 1.82) is 0 Å². The summed E-state index contributed by atoms with van der Waals surface area (Å²) in [5, 5.41) is 9.39. The van der Waals surface area contributed by atoms with Gasteiger partial charge in [0.15, 0.2) is 11.1 Å². The summed E-state index contributed by atoms with van der Waals surface area (Å²) in [5.41, 5.74) is 1.67. The molecule has 1 heterocycles. The zero-order valence-electron chi connectivity index (χ0n) is 13.6. The largest absolute Gasteiger partial charge is 0.356 e. The SMILES string of the molecule is CN=C(NCCc1ccccc1F)NCc1csc(N(C)C)n1. The summed E-state index contributed by atoms with van der Waals surface area (Å²) in [6, 6.07) is 6.82. The minimum atomic E-state index is -0.170. The van der Waals surface area contributed by atoms with Gasteiger partial charge >= 0.3 is 0 Å². The van der Waals surface area contributed by atoms with Crippen LogP contribution in [0.2, 0.25) is 0 Å². The Bertz CT molecular complexity index is 653. The van der Waals surface area contributed by atoms with Gasteiger partial charge in [-0.2, -0.15) is 0 Å². The molecule has 2 N–H and O–H groups in total. The van der Waals surface area contributed by atoms with E-state index in [-0.39, 0.29) is 5.82 Å². The molecule has 0 saturated carbocycles. The lowest BCUT2D eigenvalue weighted by Gasteiger charge is -2.11. The highest BCUT2D eigenvalue weighted by molar-refractivity contribution is 7.13. The molecule has 0 spiro atoms. The highest BCUT2D eigenvalue weighted by atomic mass is 32.1. The molecule has 1 aromatic heterocycles. The Morgan fingerprint density at radius 3 is 2.74 bits per heavy atom.